The highest BCUT2D eigenvalue weighted by Crippen LogP contribution is 2.36. The third kappa shape index (κ3) is 3.11. The lowest BCUT2D eigenvalue weighted by molar-refractivity contribution is -0.137. The average Bonchev–Trinajstić information content (AvgIpc) is 2.48. The molecule has 1 aliphatic heterocycles. The molecule has 1 aliphatic rings. The van der Waals surface area contributed by atoms with Gasteiger partial charge >= 0.3 is 11.9 Å². The van der Waals surface area contributed by atoms with Crippen LogP contribution in [0.15, 0.2) is 54.6 Å². The zero-order valence-corrected chi connectivity index (χ0v) is 11.3. The maximum absolute atomic E-state index is 12.0. The molecule has 0 spiro atoms. The van der Waals surface area contributed by atoms with Crippen molar-refractivity contribution >= 4 is 11.9 Å². The highest BCUT2D eigenvalue weighted by molar-refractivity contribution is 5.80. The molecule has 0 aromatic heterocycles. The van der Waals surface area contributed by atoms with Gasteiger partial charge in [-0.2, -0.15) is 0 Å². The molecule has 0 bridgehead atoms. The van der Waals surface area contributed by atoms with Gasteiger partial charge in [-0.1, -0.05) is 36.4 Å². The largest absolute Gasteiger partial charge is 0.427 e. The van der Waals surface area contributed by atoms with Crippen molar-refractivity contribution in [2.45, 2.75) is 18.8 Å². The molecule has 1 unspecified atom stereocenters. The standard InChI is InChI=1S/C17H14O4/c18-16(20-13-6-2-1-3-7-13)10-12-11-17(19)21-15-9-5-4-8-14(12)15/h1-9,12H,10-11H2. The molecule has 0 aliphatic carbocycles. The molecular formula is C17H14O4. The molecule has 4 heteroatoms. The van der Waals surface area contributed by atoms with Crippen LogP contribution >= 0.6 is 0 Å². The average molecular weight is 282 g/mol. The summed E-state index contributed by atoms with van der Waals surface area (Å²) in [6, 6.07) is 16.2. The summed E-state index contributed by atoms with van der Waals surface area (Å²) in [6.45, 7) is 0. The third-order valence-electron chi connectivity index (χ3n) is 3.38. The van der Waals surface area contributed by atoms with Crippen LogP contribution in [0.5, 0.6) is 11.5 Å². The molecule has 4 nitrogen and oxygen atoms in total. The molecule has 2 aromatic carbocycles. The molecule has 1 atom stereocenters. The van der Waals surface area contributed by atoms with Crippen molar-refractivity contribution in [1.82, 2.24) is 0 Å². The lowest BCUT2D eigenvalue weighted by Crippen LogP contribution is -2.23. The first-order chi connectivity index (χ1) is 10.2. The van der Waals surface area contributed by atoms with Crippen molar-refractivity contribution in [2.75, 3.05) is 0 Å². The van der Waals surface area contributed by atoms with Gasteiger partial charge in [0.2, 0.25) is 0 Å². The van der Waals surface area contributed by atoms with Crippen LogP contribution in [0.3, 0.4) is 0 Å². The molecule has 3 rings (SSSR count). The summed E-state index contributed by atoms with van der Waals surface area (Å²) in [5, 5.41) is 0. The van der Waals surface area contributed by atoms with Crippen molar-refractivity contribution in [3.8, 4) is 11.5 Å². The van der Waals surface area contributed by atoms with Gasteiger partial charge in [-0.25, -0.2) is 0 Å². The van der Waals surface area contributed by atoms with Crippen molar-refractivity contribution in [2.24, 2.45) is 0 Å². The van der Waals surface area contributed by atoms with E-state index in [1.54, 1.807) is 36.4 Å². The van der Waals surface area contributed by atoms with Gasteiger partial charge in [-0.3, -0.25) is 9.59 Å². The van der Waals surface area contributed by atoms with Gasteiger partial charge < -0.3 is 9.47 Å². The summed E-state index contributed by atoms with van der Waals surface area (Å²) in [5.74, 6) is 0.181. The van der Waals surface area contributed by atoms with Crippen LogP contribution < -0.4 is 9.47 Å². The van der Waals surface area contributed by atoms with E-state index in [1.165, 1.54) is 0 Å². The van der Waals surface area contributed by atoms with Crippen LogP contribution in [0.25, 0.3) is 0 Å². The van der Waals surface area contributed by atoms with Crippen LogP contribution in [0.1, 0.15) is 24.3 Å². The fourth-order valence-electron chi connectivity index (χ4n) is 2.43. The number of esters is 2. The lowest BCUT2D eigenvalue weighted by Gasteiger charge is -2.23. The van der Waals surface area contributed by atoms with E-state index in [1.807, 2.05) is 18.2 Å². The van der Waals surface area contributed by atoms with Crippen LogP contribution in [0.4, 0.5) is 0 Å². The van der Waals surface area contributed by atoms with E-state index in [0.717, 1.165) is 5.56 Å². The molecule has 21 heavy (non-hydrogen) atoms. The number of fused-ring (bicyclic) bond motifs is 1. The molecular weight excluding hydrogens is 268 g/mol. The van der Waals surface area contributed by atoms with Crippen molar-refractivity contribution in [3.63, 3.8) is 0 Å². The number of para-hydroxylation sites is 2. The highest BCUT2D eigenvalue weighted by atomic mass is 16.5. The Morgan fingerprint density at radius 2 is 1.81 bits per heavy atom. The number of carbonyl (C=O) groups excluding carboxylic acids is 2. The topological polar surface area (TPSA) is 52.6 Å². The normalized spacial score (nSPS) is 16.8. The summed E-state index contributed by atoms with van der Waals surface area (Å²) in [4.78, 5) is 23.6. The summed E-state index contributed by atoms with van der Waals surface area (Å²) < 4.78 is 10.4. The molecule has 0 saturated carbocycles. The molecule has 0 N–H and O–H groups in total. The van der Waals surface area contributed by atoms with Crippen molar-refractivity contribution in [1.29, 1.82) is 0 Å². The predicted octanol–water partition coefficient (Wildman–Crippen LogP) is 3.08. The second-order valence-electron chi connectivity index (χ2n) is 4.90. The third-order valence-corrected chi connectivity index (χ3v) is 3.38. The molecule has 0 amide bonds. The zero-order valence-electron chi connectivity index (χ0n) is 11.3. The Balaban J connectivity index is 1.73. The minimum atomic E-state index is -0.351. The Kier molecular flexibility index (Phi) is 3.69. The molecule has 106 valence electrons. The number of carbonyl (C=O) groups is 2. The number of ether oxygens (including phenoxy) is 2. The van der Waals surface area contributed by atoms with E-state index in [9.17, 15) is 9.59 Å². The van der Waals surface area contributed by atoms with Crippen molar-refractivity contribution in [3.05, 3.63) is 60.2 Å². The van der Waals surface area contributed by atoms with E-state index in [0.29, 0.717) is 11.5 Å². The fraction of sp³-hybridized carbons (Fsp3) is 0.176. The molecule has 0 fully saturated rings. The summed E-state index contributed by atoms with van der Waals surface area (Å²) >= 11 is 0. The Labute approximate surface area is 122 Å². The quantitative estimate of drug-likeness (QED) is 0.641. The van der Waals surface area contributed by atoms with Gasteiger partial charge in [-0.15, -0.1) is 0 Å². The minimum Gasteiger partial charge on any atom is -0.427 e. The molecule has 2 aromatic rings. The van der Waals surface area contributed by atoms with Gasteiger partial charge in [-0.05, 0) is 23.8 Å². The predicted molar refractivity (Wildman–Crippen MR) is 76.1 cm³/mol. The Bertz CT molecular complexity index is 664. The first-order valence-electron chi connectivity index (χ1n) is 6.78. The molecule has 0 saturated heterocycles. The fourth-order valence-corrected chi connectivity index (χ4v) is 2.43. The van der Waals surface area contributed by atoms with E-state index in [4.69, 9.17) is 9.47 Å². The summed E-state index contributed by atoms with van der Waals surface area (Å²) in [7, 11) is 0. The van der Waals surface area contributed by atoms with E-state index in [-0.39, 0.29) is 30.7 Å². The van der Waals surface area contributed by atoms with E-state index in [2.05, 4.69) is 0 Å². The lowest BCUT2D eigenvalue weighted by atomic mass is 9.90. The Morgan fingerprint density at radius 1 is 1.10 bits per heavy atom. The van der Waals surface area contributed by atoms with Gasteiger partial charge in [0.05, 0.1) is 12.8 Å². The maximum Gasteiger partial charge on any atom is 0.311 e. The summed E-state index contributed by atoms with van der Waals surface area (Å²) in [6.07, 6.45) is 0.349. The highest BCUT2D eigenvalue weighted by Gasteiger charge is 2.29. The number of hydrogen-bond acceptors (Lipinski definition) is 4. The SMILES string of the molecule is O=C(CC1CC(=O)Oc2ccccc21)Oc1ccccc1. The van der Waals surface area contributed by atoms with E-state index >= 15 is 0 Å². The van der Waals surface area contributed by atoms with Gasteiger partial charge in [0.15, 0.2) is 0 Å². The summed E-state index contributed by atoms with van der Waals surface area (Å²) in [5.41, 5.74) is 0.877. The molecule has 1 heterocycles. The minimum absolute atomic E-state index is 0.154. The van der Waals surface area contributed by atoms with Crippen LogP contribution in [0, 0.1) is 0 Å². The van der Waals surface area contributed by atoms with E-state index < -0.39 is 0 Å². The number of rotatable bonds is 3. The first kappa shape index (κ1) is 13.4. The van der Waals surface area contributed by atoms with Crippen LogP contribution in [0.2, 0.25) is 0 Å². The Morgan fingerprint density at radius 3 is 2.62 bits per heavy atom. The van der Waals surface area contributed by atoms with Gasteiger partial charge in [0.1, 0.15) is 11.5 Å². The maximum atomic E-state index is 12.0. The van der Waals surface area contributed by atoms with Crippen molar-refractivity contribution < 1.29 is 19.1 Å². The zero-order chi connectivity index (χ0) is 14.7. The van der Waals surface area contributed by atoms with Gasteiger partial charge in [0.25, 0.3) is 0 Å². The number of hydrogen-bond donors (Lipinski definition) is 0. The second-order valence-corrected chi connectivity index (χ2v) is 4.90. The smallest absolute Gasteiger partial charge is 0.311 e. The van der Waals surface area contributed by atoms with Gasteiger partial charge in [0, 0.05) is 5.92 Å². The van der Waals surface area contributed by atoms with Crippen LogP contribution in [-0.2, 0) is 9.59 Å². The monoisotopic (exact) mass is 282 g/mol. The van der Waals surface area contributed by atoms with Crippen LogP contribution in [-0.4, -0.2) is 11.9 Å². The number of benzene rings is 2. The second kappa shape index (κ2) is 5.79. The first-order valence-corrected chi connectivity index (χ1v) is 6.78. The molecule has 0 radical (unpaired) electrons. The Hall–Kier alpha value is -2.62.